The second kappa shape index (κ2) is 8.90. The van der Waals surface area contributed by atoms with Crippen molar-refractivity contribution in [2.75, 3.05) is 4.90 Å². The summed E-state index contributed by atoms with van der Waals surface area (Å²) in [6.45, 7) is 2.03. The fourth-order valence-electron chi connectivity index (χ4n) is 3.88. The first-order chi connectivity index (χ1) is 15.6. The first-order valence-electron chi connectivity index (χ1n) is 10.2. The van der Waals surface area contributed by atoms with Crippen LogP contribution in [-0.2, 0) is 0 Å². The summed E-state index contributed by atoms with van der Waals surface area (Å²) in [5.41, 5.74) is 3.01. The third-order valence-electron chi connectivity index (χ3n) is 5.42. The van der Waals surface area contributed by atoms with E-state index < -0.39 is 0 Å². The molecule has 1 saturated heterocycles. The number of ether oxygens (including phenoxy) is 1. The van der Waals surface area contributed by atoms with E-state index in [-0.39, 0.29) is 12.1 Å². The summed E-state index contributed by atoms with van der Waals surface area (Å²) < 4.78 is 6.82. The molecule has 2 aromatic heterocycles. The van der Waals surface area contributed by atoms with Gasteiger partial charge in [0.25, 0.3) is 0 Å². The van der Waals surface area contributed by atoms with E-state index in [4.69, 9.17) is 28.6 Å². The maximum atomic E-state index is 6.29. The molecule has 2 aromatic carbocycles. The SMILES string of the molecule is Cc1ccccc1Oc1ccc(N2C(=S)N[C@H](c3ccccn3)[C@@H]2c2ccc(Cl)s2)cc1. The Morgan fingerprint density at radius 2 is 1.78 bits per heavy atom. The van der Waals surface area contributed by atoms with E-state index >= 15 is 0 Å². The van der Waals surface area contributed by atoms with Gasteiger partial charge in [0.05, 0.1) is 22.1 Å². The molecule has 2 atom stereocenters. The van der Waals surface area contributed by atoms with Crippen molar-refractivity contribution in [3.63, 3.8) is 0 Å². The van der Waals surface area contributed by atoms with Gasteiger partial charge in [0.2, 0.25) is 0 Å². The second-order valence-corrected chi connectivity index (χ2v) is 9.63. The van der Waals surface area contributed by atoms with E-state index in [2.05, 4.69) is 21.3 Å². The standard InChI is InChI=1S/C25H20ClN3OS2/c1-16-6-2-3-8-20(16)30-18-11-9-17(10-12-18)29-24(21-13-14-22(26)32-21)23(28-25(29)31)19-7-4-5-15-27-19/h2-15,23-24H,1H3,(H,28,31)/t23-,24+/m1/s1. The minimum absolute atomic E-state index is 0.0574. The fraction of sp³-hybridized carbons (Fsp3) is 0.120. The Morgan fingerprint density at radius 1 is 1.00 bits per heavy atom. The van der Waals surface area contributed by atoms with Crippen molar-refractivity contribution < 1.29 is 4.74 Å². The van der Waals surface area contributed by atoms with Gasteiger partial charge in [-0.05, 0) is 79.3 Å². The maximum Gasteiger partial charge on any atom is 0.174 e. The fourth-order valence-corrected chi connectivity index (χ4v) is 5.42. The van der Waals surface area contributed by atoms with Crippen LogP contribution in [0.25, 0.3) is 0 Å². The number of hydrogen-bond donors (Lipinski definition) is 1. The number of nitrogens with one attached hydrogen (secondary N) is 1. The van der Waals surface area contributed by atoms with Crippen molar-refractivity contribution in [3.05, 3.63) is 106 Å². The third-order valence-corrected chi connectivity index (χ3v) is 7.04. The summed E-state index contributed by atoms with van der Waals surface area (Å²) >= 11 is 13.6. The highest BCUT2D eigenvalue weighted by Gasteiger charge is 2.41. The van der Waals surface area contributed by atoms with E-state index in [0.29, 0.717) is 5.11 Å². The van der Waals surface area contributed by atoms with Gasteiger partial charge in [-0.1, -0.05) is 35.9 Å². The number of halogens is 1. The van der Waals surface area contributed by atoms with Crippen molar-refractivity contribution in [3.8, 4) is 11.5 Å². The molecular weight excluding hydrogens is 458 g/mol. The Hall–Kier alpha value is -2.93. The van der Waals surface area contributed by atoms with Crippen LogP contribution >= 0.6 is 35.2 Å². The van der Waals surface area contributed by atoms with Crippen LogP contribution in [0, 0.1) is 6.92 Å². The van der Waals surface area contributed by atoms with Crippen molar-refractivity contribution in [2.24, 2.45) is 0 Å². The van der Waals surface area contributed by atoms with Crippen LogP contribution in [0.15, 0.2) is 85.1 Å². The Labute approximate surface area is 201 Å². The molecule has 32 heavy (non-hydrogen) atoms. The van der Waals surface area contributed by atoms with E-state index in [0.717, 1.165) is 37.7 Å². The highest BCUT2D eigenvalue weighted by molar-refractivity contribution is 7.80. The number of nitrogens with zero attached hydrogens (tertiary/aromatic N) is 2. The predicted molar refractivity (Wildman–Crippen MR) is 135 cm³/mol. The smallest absolute Gasteiger partial charge is 0.174 e. The van der Waals surface area contributed by atoms with Crippen LogP contribution in [0.2, 0.25) is 4.34 Å². The van der Waals surface area contributed by atoms with Crippen molar-refractivity contribution >= 4 is 46.0 Å². The first-order valence-corrected chi connectivity index (χ1v) is 11.8. The number of thiophene rings is 1. The number of rotatable bonds is 5. The number of para-hydroxylation sites is 1. The quantitative estimate of drug-likeness (QED) is 0.311. The highest BCUT2D eigenvalue weighted by atomic mass is 35.5. The Morgan fingerprint density at radius 3 is 2.47 bits per heavy atom. The van der Waals surface area contributed by atoms with Gasteiger partial charge >= 0.3 is 0 Å². The summed E-state index contributed by atoms with van der Waals surface area (Å²) in [5, 5.41) is 4.12. The molecule has 160 valence electrons. The molecule has 0 saturated carbocycles. The summed E-state index contributed by atoms with van der Waals surface area (Å²) in [7, 11) is 0. The molecule has 4 nitrogen and oxygen atoms in total. The van der Waals surface area contributed by atoms with Gasteiger partial charge in [-0.25, -0.2) is 0 Å². The van der Waals surface area contributed by atoms with Crippen LogP contribution < -0.4 is 15.0 Å². The minimum Gasteiger partial charge on any atom is -0.457 e. The molecule has 0 amide bonds. The van der Waals surface area contributed by atoms with Gasteiger partial charge in [-0.3, -0.25) is 4.98 Å². The molecule has 3 heterocycles. The lowest BCUT2D eigenvalue weighted by atomic mass is 10.0. The molecule has 1 aliphatic rings. The first kappa shape index (κ1) is 20.9. The highest BCUT2D eigenvalue weighted by Crippen LogP contribution is 2.44. The number of anilines is 1. The average Bonchev–Trinajstić information content (AvgIpc) is 3.39. The summed E-state index contributed by atoms with van der Waals surface area (Å²) in [6.07, 6.45) is 1.80. The van der Waals surface area contributed by atoms with E-state index in [1.54, 1.807) is 17.5 Å². The lowest BCUT2D eigenvalue weighted by molar-refractivity contribution is 0.479. The number of aryl methyl sites for hydroxylation is 1. The summed E-state index contributed by atoms with van der Waals surface area (Å²) in [4.78, 5) is 7.83. The lowest BCUT2D eigenvalue weighted by Gasteiger charge is -2.27. The number of aromatic nitrogens is 1. The van der Waals surface area contributed by atoms with Crippen molar-refractivity contribution in [1.82, 2.24) is 10.3 Å². The lowest BCUT2D eigenvalue weighted by Crippen LogP contribution is -2.28. The summed E-state index contributed by atoms with van der Waals surface area (Å²) in [5.74, 6) is 1.62. The molecule has 0 spiro atoms. The Bertz CT molecular complexity index is 1240. The van der Waals surface area contributed by atoms with Crippen LogP contribution in [0.3, 0.4) is 0 Å². The molecule has 0 aliphatic carbocycles. The molecular formula is C25H20ClN3OS2. The Kier molecular flexibility index (Phi) is 5.83. The number of hydrogen-bond acceptors (Lipinski definition) is 4. The molecule has 5 rings (SSSR count). The normalized spacial score (nSPS) is 17.9. The van der Waals surface area contributed by atoms with E-state index in [1.165, 1.54) is 0 Å². The number of thiocarbonyl (C=S) groups is 1. The maximum absolute atomic E-state index is 6.29. The monoisotopic (exact) mass is 477 g/mol. The van der Waals surface area contributed by atoms with Crippen molar-refractivity contribution in [2.45, 2.75) is 19.0 Å². The zero-order chi connectivity index (χ0) is 22.1. The number of benzene rings is 2. The molecule has 1 aliphatic heterocycles. The van der Waals surface area contributed by atoms with Crippen LogP contribution in [-0.4, -0.2) is 10.1 Å². The van der Waals surface area contributed by atoms with Gasteiger partial charge in [-0.15, -0.1) is 11.3 Å². The molecule has 1 N–H and O–H groups in total. The van der Waals surface area contributed by atoms with E-state index in [9.17, 15) is 0 Å². The molecule has 0 unspecified atom stereocenters. The summed E-state index contributed by atoms with van der Waals surface area (Å²) in [6, 6.07) is 25.8. The molecule has 0 bridgehead atoms. The zero-order valence-corrected chi connectivity index (χ0v) is 19.6. The van der Waals surface area contributed by atoms with Gasteiger partial charge in [0.15, 0.2) is 5.11 Å². The van der Waals surface area contributed by atoms with Crippen LogP contribution in [0.5, 0.6) is 11.5 Å². The predicted octanol–water partition coefficient (Wildman–Crippen LogP) is 7.07. The van der Waals surface area contributed by atoms with Crippen LogP contribution in [0.1, 0.15) is 28.2 Å². The van der Waals surface area contributed by atoms with Crippen molar-refractivity contribution in [1.29, 1.82) is 0 Å². The van der Waals surface area contributed by atoms with Gasteiger partial charge in [0, 0.05) is 16.8 Å². The van der Waals surface area contributed by atoms with Gasteiger partial charge in [-0.2, -0.15) is 0 Å². The average molecular weight is 478 g/mol. The van der Waals surface area contributed by atoms with Gasteiger partial charge in [0.1, 0.15) is 11.5 Å². The molecule has 0 radical (unpaired) electrons. The topological polar surface area (TPSA) is 37.4 Å². The van der Waals surface area contributed by atoms with Crippen LogP contribution in [0.4, 0.5) is 5.69 Å². The largest absolute Gasteiger partial charge is 0.457 e. The van der Waals surface area contributed by atoms with Gasteiger partial charge < -0.3 is 15.0 Å². The number of pyridine rings is 1. The van der Waals surface area contributed by atoms with E-state index in [1.807, 2.05) is 79.7 Å². The third kappa shape index (κ3) is 4.09. The molecule has 4 aromatic rings. The minimum atomic E-state index is -0.0821. The zero-order valence-electron chi connectivity index (χ0n) is 17.2. The molecule has 1 fully saturated rings. The molecule has 7 heteroatoms. The second-order valence-electron chi connectivity index (χ2n) is 7.50. The Balaban J connectivity index is 1.48.